The largest absolute Gasteiger partial charge is 0.353 e. The predicted octanol–water partition coefficient (Wildman–Crippen LogP) is 2.67. The van der Waals surface area contributed by atoms with E-state index in [0.29, 0.717) is 10.0 Å². The highest BCUT2D eigenvalue weighted by molar-refractivity contribution is 7.16. The molecule has 1 heterocycles. The standard InChI is InChI=1S/C16H22N4O2S/c1-16(2,3)14(22)19-11-6-4-10(5-7-11)13(21)20-15-18-9-12(8-17)23-15/h9-11H,4-7H2,1-3H3,(H,19,22)(H,18,20,21). The Morgan fingerprint density at radius 1 is 1.30 bits per heavy atom. The normalized spacial score (nSPS) is 21.3. The molecule has 2 N–H and O–H groups in total. The van der Waals surface area contributed by atoms with Crippen LogP contribution in [0.15, 0.2) is 6.20 Å². The smallest absolute Gasteiger partial charge is 0.229 e. The van der Waals surface area contributed by atoms with Gasteiger partial charge in [-0.3, -0.25) is 9.59 Å². The van der Waals surface area contributed by atoms with Crippen molar-refractivity contribution in [2.45, 2.75) is 52.5 Å². The lowest BCUT2D eigenvalue weighted by Crippen LogP contribution is -2.44. The number of carbonyl (C=O) groups is 2. The van der Waals surface area contributed by atoms with Crippen LogP contribution in [0, 0.1) is 22.7 Å². The lowest BCUT2D eigenvalue weighted by molar-refractivity contribution is -0.129. The highest BCUT2D eigenvalue weighted by atomic mass is 32.1. The van der Waals surface area contributed by atoms with E-state index in [2.05, 4.69) is 15.6 Å². The minimum absolute atomic E-state index is 0.0514. The van der Waals surface area contributed by atoms with Gasteiger partial charge in [0.05, 0.1) is 6.20 Å². The third kappa shape index (κ3) is 4.76. The lowest BCUT2D eigenvalue weighted by atomic mass is 9.84. The average molecular weight is 334 g/mol. The number of hydrogen-bond donors (Lipinski definition) is 2. The van der Waals surface area contributed by atoms with Gasteiger partial charge in [0.2, 0.25) is 11.8 Å². The van der Waals surface area contributed by atoms with Gasteiger partial charge >= 0.3 is 0 Å². The molecule has 6 nitrogen and oxygen atoms in total. The monoisotopic (exact) mass is 334 g/mol. The Kier molecular flexibility index (Phi) is 5.37. The second-order valence-corrected chi connectivity index (χ2v) is 7.93. The summed E-state index contributed by atoms with van der Waals surface area (Å²) in [6, 6.07) is 2.15. The van der Waals surface area contributed by atoms with Gasteiger partial charge < -0.3 is 10.6 Å². The molecule has 124 valence electrons. The highest BCUT2D eigenvalue weighted by Crippen LogP contribution is 2.27. The quantitative estimate of drug-likeness (QED) is 0.888. The second-order valence-electron chi connectivity index (χ2n) is 6.90. The number of nitriles is 1. The zero-order chi connectivity index (χ0) is 17.0. The molecule has 0 aliphatic heterocycles. The number of aromatic nitrogens is 1. The molecule has 23 heavy (non-hydrogen) atoms. The average Bonchev–Trinajstić information content (AvgIpc) is 2.94. The van der Waals surface area contributed by atoms with E-state index in [0.717, 1.165) is 25.7 Å². The molecule has 1 aromatic heterocycles. The van der Waals surface area contributed by atoms with Gasteiger partial charge in [-0.25, -0.2) is 4.98 Å². The molecule has 0 unspecified atom stereocenters. The van der Waals surface area contributed by atoms with Crippen LogP contribution in [0.25, 0.3) is 0 Å². The van der Waals surface area contributed by atoms with Crippen LogP contribution in [0.4, 0.5) is 5.13 Å². The van der Waals surface area contributed by atoms with E-state index in [9.17, 15) is 9.59 Å². The van der Waals surface area contributed by atoms with Crippen molar-refractivity contribution in [2.24, 2.45) is 11.3 Å². The Labute approximate surface area is 140 Å². The van der Waals surface area contributed by atoms with Gasteiger partial charge in [0, 0.05) is 17.4 Å². The van der Waals surface area contributed by atoms with Crippen molar-refractivity contribution >= 4 is 28.3 Å². The molecule has 0 atom stereocenters. The SMILES string of the molecule is CC(C)(C)C(=O)NC1CCC(C(=O)Nc2ncc(C#N)s2)CC1. The molecule has 2 amide bonds. The molecular formula is C16H22N4O2S. The molecule has 1 aliphatic rings. The third-order valence-electron chi connectivity index (χ3n) is 3.96. The van der Waals surface area contributed by atoms with E-state index in [1.54, 1.807) is 0 Å². The van der Waals surface area contributed by atoms with Gasteiger partial charge in [-0.05, 0) is 25.7 Å². The van der Waals surface area contributed by atoms with Gasteiger partial charge in [-0.1, -0.05) is 32.1 Å². The third-order valence-corrected chi connectivity index (χ3v) is 4.78. The number of thiazole rings is 1. The molecular weight excluding hydrogens is 312 g/mol. The van der Waals surface area contributed by atoms with E-state index in [-0.39, 0.29) is 23.8 Å². The number of amides is 2. The molecule has 0 spiro atoms. The van der Waals surface area contributed by atoms with Gasteiger partial charge in [0.25, 0.3) is 0 Å². The first-order valence-corrected chi connectivity index (χ1v) is 8.59. The Morgan fingerprint density at radius 2 is 1.96 bits per heavy atom. The first-order valence-electron chi connectivity index (χ1n) is 7.77. The van der Waals surface area contributed by atoms with Gasteiger partial charge in [-0.15, -0.1) is 0 Å². The van der Waals surface area contributed by atoms with Gasteiger partial charge in [0.1, 0.15) is 10.9 Å². The summed E-state index contributed by atoms with van der Waals surface area (Å²) in [4.78, 5) is 28.7. The zero-order valence-corrected chi connectivity index (χ0v) is 14.5. The summed E-state index contributed by atoms with van der Waals surface area (Å²) in [5.41, 5.74) is -0.391. The molecule has 1 saturated carbocycles. The van der Waals surface area contributed by atoms with E-state index in [1.807, 2.05) is 26.8 Å². The van der Waals surface area contributed by atoms with E-state index < -0.39 is 5.41 Å². The van der Waals surface area contributed by atoms with Crippen molar-refractivity contribution in [3.05, 3.63) is 11.1 Å². The summed E-state index contributed by atoms with van der Waals surface area (Å²) in [6.45, 7) is 5.68. The fourth-order valence-corrected chi connectivity index (χ4v) is 3.11. The fraction of sp³-hybridized carbons (Fsp3) is 0.625. The van der Waals surface area contributed by atoms with Gasteiger partial charge in [0.15, 0.2) is 5.13 Å². The van der Waals surface area contributed by atoms with Crippen LogP contribution in [-0.4, -0.2) is 22.8 Å². The van der Waals surface area contributed by atoms with E-state index in [4.69, 9.17) is 5.26 Å². The topological polar surface area (TPSA) is 94.9 Å². The summed E-state index contributed by atoms with van der Waals surface area (Å²) in [5.74, 6) is -0.0612. The summed E-state index contributed by atoms with van der Waals surface area (Å²) < 4.78 is 0. The second kappa shape index (κ2) is 7.09. The van der Waals surface area contributed by atoms with Gasteiger partial charge in [-0.2, -0.15) is 5.26 Å². The first-order chi connectivity index (χ1) is 10.8. The zero-order valence-electron chi connectivity index (χ0n) is 13.7. The predicted molar refractivity (Wildman–Crippen MR) is 88.8 cm³/mol. The van der Waals surface area contributed by atoms with Crippen LogP contribution in [0.1, 0.15) is 51.3 Å². The number of rotatable bonds is 3. The van der Waals surface area contributed by atoms with E-state index in [1.165, 1.54) is 17.5 Å². The summed E-state index contributed by atoms with van der Waals surface area (Å²) in [6.07, 6.45) is 4.57. The van der Waals surface area contributed by atoms with Crippen molar-refractivity contribution in [2.75, 3.05) is 5.32 Å². The molecule has 1 fully saturated rings. The summed E-state index contributed by atoms with van der Waals surface area (Å²) in [5, 5.41) is 15.1. The van der Waals surface area contributed by atoms with E-state index >= 15 is 0 Å². The molecule has 0 bridgehead atoms. The molecule has 1 aromatic rings. The van der Waals surface area contributed by atoms with Crippen LogP contribution >= 0.6 is 11.3 Å². The van der Waals surface area contributed by atoms with Crippen molar-refractivity contribution in [1.29, 1.82) is 5.26 Å². The molecule has 0 aromatic carbocycles. The molecule has 7 heteroatoms. The summed E-state index contributed by atoms with van der Waals surface area (Å²) >= 11 is 1.18. The number of nitrogens with one attached hydrogen (secondary N) is 2. The number of carbonyl (C=O) groups excluding carboxylic acids is 2. The number of hydrogen-bond acceptors (Lipinski definition) is 5. The fourth-order valence-electron chi connectivity index (χ4n) is 2.49. The molecule has 2 rings (SSSR count). The maximum atomic E-state index is 12.2. The van der Waals surface area contributed by atoms with Crippen LogP contribution in [0.2, 0.25) is 0 Å². The number of anilines is 1. The van der Waals surface area contributed by atoms with Crippen molar-refractivity contribution in [3.8, 4) is 6.07 Å². The lowest BCUT2D eigenvalue weighted by Gasteiger charge is -2.30. The maximum absolute atomic E-state index is 12.2. The van der Waals surface area contributed by atoms with Crippen molar-refractivity contribution in [1.82, 2.24) is 10.3 Å². The minimum Gasteiger partial charge on any atom is -0.353 e. The Hall–Kier alpha value is -1.94. The molecule has 0 radical (unpaired) electrons. The van der Waals surface area contributed by atoms with Crippen LogP contribution < -0.4 is 10.6 Å². The van der Waals surface area contributed by atoms with Crippen LogP contribution in [0.5, 0.6) is 0 Å². The molecule has 0 saturated heterocycles. The maximum Gasteiger partial charge on any atom is 0.229 e. The highest BCUT2D eigenvalue weighted by Gasteiger charge is 2.30. The van der Waals surface area contributed by atoms with Crippen molar-refractivity contribution in [3.63, 3.8) is 0 Å². The Morgan fingerprint density at radius 3 is 2.48 bits per heavy atom. The number of nitrogens with zero attached hydrogens (tertiary/aromatic N) is 2. The molecule has 1 aliphatic carbocycles. The Balaban J connectivity index is 1.81. The first kappa shape index (κ1) is 17.4. The van der Waals surface area contributed by atoms with Crippen molar-refractivity contribution < 1.29 is 9.59 Å². The van der Waals surface area contributed by atoms with Crippen LogP contribution in [0.3, 0.4) is 0 Å². The van der Waals surface area contributed by atoms with Crippen LogP contribution in [-0.2, 0) is 9.59 Å². The summed E-state index contributed by atoms with van der Waals surface area (Å²) in [7, 11) is 0. The Bertz CT molecular complexity index is 619. The minimum atomic E-state index is -0.391.